The van der Waals surface area contributed by atoms with E-state index in [1.807, 2.05) is 32.9 Å². The van der Waals surface area contributed by atoms with Crippen molar-refractivity contribution in [2.24, 2.45) is 0 Å². The highest BCUT2D eigenvalue weighted by Crippen LogP contribution is 2.53. The number of carbonyl (C=O) groups excluding carboxylic acids is 1. The standard InChI is InChI=1S/C25H32FN5O3/c1-16-9-7-8-10-18(16)25(11-12-25)22-27-21(34-29-22)19-15-20(17(2)26)31(28-19)14-13-30(6)23(32)33-24(3,4)5/h7-10,15,17H,11-14H2,1-6H3. The maximum atomic E-state index is 14.4. The first-order valence-corrected chi connectivity index (χ1v) is 11.6. The van der Waals surface area contributed by atoms with E-state index < -0.39 is 17.9 Å². The number of alkyl halides is 1. The minimum absolute atomic E-state index is 0.234. The zero-order chi connectivity index (χ0) is 24.7. The first-order valence-electron chi connectivity index (χ1n) is 11.6. The second-order valence-corrected chi connectivity index (χ2v) is 10.0. The number of halogens is 1. The summed E-state index contributed by atoms with van der Waals surface area (Å²) >= 11 is 0. The van der Waals surface area contributed by atoms with E-state index in [0.717, 1.165) is 12.8 Å². The van der Waals surface area contributed by atoms with E-state index in [1.165, 1.54) is 23.0 Å². The van der Waals surface area contributed by atoms with Crippen LogP contribution in [0.3, 0.4) is 0 Å². The predicted molar refractivity (Wildman–Crippen MR) is 125 cm³/mol. The van der Waals surface area contributed by atoms with Gasteiger partial charge >= 0.3 is 6.09 Å². The summed E-state index contributed by atoms with van der Waals surface area (Å²) in [5, 5.41) is 8.78. The van der Waals surface area contributed by atoms with Crippen LogP contribution in [-0.4, -0.2) is 50.1 Å². The molecule has 1 saturated carbocycles. The molecular formula is C25H32FN5O3. The van der Waals surface area contributed by atoms with E-state index in [0.29, 0.717) is 30.3 Å². The van der Waals surface area contributed by atoms with Gasteiger partial charge in [-0.1, -0.05) is 29.4 Å². The molecule has 9 heteroatoms. The second-order valence-electron chi connectivity index (χ2n) is 10.0. The Balaban J connectivity index is 1.53. The number of likely N-dealkylation sites (N-methyl/N-ethyl adjacent to an activating group) is 1. The molecule has 8 nitrogen and oxygen atoms in total. The van der Waals surface area contributed by atoms with E-state index in [-0.39, 0.29) is 11.3 Å². The molecule has 182 valence electrons. The molecule has 0 radical (unpaired) electrons. The van der Waals surface area contributed by atoms with Crippen molar-refractivity contribution in [2.45, 2.75) is 71.2 Å². The molecule has 1 amide bonds. The summed E-state index contributed by atoms with van der Waals surface area (Å²) in [6, 6.07) is 9.86. The van der Waals surface area contributed by atoms with E-state index in [1.54, 1.807) is 17.8 Å². The molecule has 3 aromatic rings. The Kier molecular flexibility index (Phi) is 6.22. The molecule has 1 aliphatic rings. The lowest BCUT2D eigenvalue weighted by Crippen LogP contribution is -2.36. The molecule has 34 heavy (non-hydrogen) atoms. The van der Waals surface area contributed by atoms with Crippen LogP contribution in [0.2, 0.25) is 0 Å². The van der Waals surface area contributed by atoms with Gasteiger partial charge in [-0.2, -0.15) is 10.1 Å². The lowest BCUT2D eigenvalue weighted by atomic mass is 9.91. The van der Waals surface area contributed by atoms with Crippen molar-refractivity contribution >= 4 is 6.09 Å². The molecule has 0 spiro atoms. The summed E-state index contributed by atoms with van der Waals surface area (Å²) in [7, 11) is 1.64. The molecule has 0 N–H and O–H groups in total. The summed E-state index contributed by atoms with van der Waals surface area (Å²) in [6.45, 7) is 9.57. The number of amides is 1. The van der Waals surface area contributed by atoms with Crippen molar-refractivity contribution in [3.8, 4) is 11.6 Å². The van der Waals surface area contributed by atoms with Crippen LogP contribution in [0.15, 0.2) is 34.9 Å². The van der Waals surface area contributed by atoms with Gasteiger partial charge in [0.1, 0.15) is 11.8 Å². The number of rotatable bonds is 7. The maximum Gasteiger partial charge on any atom is 0.410 e. The van der Waals surface area contributed by atoms with E-state index in [4.69, 9.17) is 9.26 Å². The van der Waals surface area contributed by atoms with Crippen molar-refractivity contribution in [3.05, 3.63) is 53.0 Å². The zero-order valence-electron chi connectivity index (χ0n) is 20.6. The van der Waals surface area contributed by atoms with Crippen LogP contribution < -0.4 is 0 Å². The lowest BCUT2D eigenvalue weighted by molar-refractivity contribution is 0.0291. The van der Waals surface area contributed by atoms with Crippen LogP contribution in [0, 0.1) is 6.92 Å². The molecule has 1 unspecified atom stereocenters. The van der Waals surface area contributed by atoms with Crippen molar-refractivity contribution in [2.75, 3.05) is 13.6 Å². The third-order valence-corrected chi connectivity index (χ3v) is 6.05. The Morgan fingerprint density at radius 1 is 1.32 bits per heavy atom. The molecule has 1 aromatic carbocycles. The number of aromatic nitrogens is 4. The zero-order valence-corrected chi connectivity index (χ0v) is 20.6. The van der Waals surface area contributed by atoms with E-state index in [9.17, 15) is 9.18 Å². The third-order valence-electron chi connectivity index (χ3n) is 6.05. The molecule has 4 rings (SSSR count). The first-order chi connectivity index (χ1) is 16.0. The van der Waals surface area contributed by atoms with Gasteiger partial charge < -0.3 is 14.2 Å². The van der Waals surface area contributed by atoms with Gasteiger partial charge in [-0.25, -0.2) is 9.18 Å². The van der Waals surface area contributed by atoms with Crippen LogP contribution in [-0.2, 0) is 16.7 Å². The van der Waals surface area contributed by atoms with Crippen molar-refractivity contribution in [3.63, 3.8) is 0 Å². The molecule has 0 bridgehead atoms. The smallest absolute Gasteiger partial charge is 0.410 e. The van der Waals surface area contributed by atoms with E-state index >= 15 is 0 Å². The van der Waals surface area contributed by atoms with Gasteiger partial charge in [-0.05, 0) is 64.7 Å². The number of carbonyl (C=O) groups is 1. The quantitative estimate of drug-likeness (QED) is 0.472. The van der Waals surface area contributed by atoms with Crippen molar-refractivity contribution < 1.29 is 18.4 Å². The van der Waals surface area contributed by atoms with Gasteiger partial charge in [0.15, 0.2) is 11.5 Å². The highest BCUT2D eigenvalue weighted by Gasteiger charge is 2.50. The number of ether oxygens (including phenoxy) is 1. The molecule has 2 aromatic heterocycles. The van der Waals surface area contributed by atoms with E-state index in [2.05, 4.69) is 34.3 Å². The Labute approximate surface area is 199 Å². The molecule has 0 saturated heterocycles. The lowest BCUT2D eigenvalue weighted by Gasteiger charge is -2.24. The predicted octanol–water partition coefficient (Wildman–Crippen LogP) is 5.22. The van der Waals surface area contributed by atoms with Gasteiger partial charge in [-0.15, -0.1) is 0 Å². The minimum atomic E-state index is -1.25. The van der Waals surface area contributed by atoms with Gasteiger partial charge in [0.2, 0.25) is 0 Å². The highest BCUT2D eigenvalue weighted by atomic mass is 19.1. The maximum absolute atomic E-state index is 14.4. The van der Waals surface area contributed by atoms with Crippen molar-refractivity contribution in [1.82, 2.24) is 24.8 Å². The third kappa shape index (κ3) is 4.83. The SMILES string of the molecule is Cc1ccccc1C1(c2noc(-c3cc(C(C)F)n(CCN(C)C(=O)OC(C)(C)C)n3)n2)CC1. The fourth-order valence-electron chi connectivity index (χ4n) is 4.08. The van der Waals surface area contributed by atoms with Gasteiger partial charge in [0, 0.05) is 13.6 Å². The number of benzene rings is 1. The van der Waals surface area contributed by atoms with Crippen LogP contribution in [0.4, 0.5) is 9.18 Å². The second kappa shape index (κ2) is 8.85. The molecular weight excluding hydrogens is 437 g/mol. The Morgan fingerprint density at radius 2 is 2.03 bits per heavy atom. The number of hydrogen-bond acceptors (Lipinski definition) is 6. The Morgan fingerprint density at radius 3 is 2.65 bits per heavy atom. The summed E-state index contributed by atoms with van der Waals surface area (Å²) in [4.78, 5) is 18.3. The van der Waals surface area contributed by atoms with Crippen LogP contribution >= 0.6 is 0 Å². The average Bonchev–Trinajstić information content (AvgIpc) is 3.20. The Bertz CT molecular complexity index is 1170. The molecule has 1 aliphatic carbocycles. The van der Waals surface area contributed by atoms with Crippen molar-refractivity contribution in [1.29, 1.82) is 0 Å². The number of aryl methyl sites for hydroxylation is 1. The Hall–Kier alpha value is -3.23. The molecule has 1 atom stereocenters. The van der Waals surface area contributed by atoms with Gasteiger partial charge in [0.05, 0.1) is 17.7 Å². The van der Waals surface area contributed by atoms with Crippen LogP contribution in [0.1, 0.15) is 69.4 Å². The summed E-state index contributed by atoms with van der Waals surface area (Å²) < 4.78 is 26.8. The number of hydrogen-bond donors (Lipinski definition) is 0. The normalized spacial score (nSPS) is 15.7. The first kappa shape index (κ1) is 23.9. The van der Waals surface area contributed by atoms with Gasteiger partial charge in [-0.3, -0.25) is 4.68 Å². The molecule has 0 aliphatic heterocycles. The fourth-order valence-corrected chi connectivity index (χ4v) is 4.08. The fraction of sp³-hybridized carbons (Fsp3) is 0.520. The summed E-state index contributed by atoms with van der Waals surface area (Å²) in [5.74, 6) is 0.891. The monoisotopic (exact) mass is 469 g/mol. The van der Waals surface area contributed by atoms with Gasteiger partial charge in [0.25, 0.3) is 5.89 Å². The molecule has 1 fully saturated rings. The molecule has 2 heterocycles. The topological polar surface area (TPSA) is 86.3 Å². The summed E-state index contributed by atoms with van der Waals surface area (Å²) in [5.41, 5.74) is 2.37. The summed E-state index contributed by atoms with van der Waals surface area (Å²) in [6.07, 6.45) is 0.212. The minimum Gasteiger partial charge on any atom is -0.444 e. The van der Waals surface area contributed by atoms with Crippen LogP contribution in [0.25, 0.3) is 11.6 Å². The number of nitrogens with zero attached hydrogens (tertiary/aromatic N) is 5. The van der Waals surface area contributed by atoms with Crippen LogP contribution in [0.5, 0.6) is 0 Å². The largest absolute Gasteiger partial charge is 0.444 e. The average molecular weight is 470 g/mol. The highest BCUT2D eigenvalue weighted by molar-refractivity contribution is 5.67.